The van der Waals surface area contributed by atoms with Crippen LogP contribution in [0.1, 0.15) is 17.5 Å². The third kappa shape index (κ3) is 3.74. The van der Waals surface area contributed by atoms with Gasteiger partial charge in [0.2, 0.25) is 0 Å². The summed E-state index contributed by atoms with van der Waals surface area (Å²) in [6.45, 7) is 4.99. The lowest BCUT2D eigenvalue weighted by Gasteiger charge is -2.41. The zero-order valence-electron chi connectivity index (χ0n) is 14.0. The van der Waals surface area contributed by atoms with E-state index < -0.39 is 0 Å². The van der Waals surface area contributed by atoms with Crippen LogP contribution in [0.25, 0.3) is 11.0 Å². The molecule has 3 heterocycles. The summed E-state index contributed by atoms with van der Waals surface area (Å²) in [4.78, 5) is 4.93. The summed E-state index contributed by atoms with van der Waals surface area (Å²) in [5, 5.41) is 21.8. The molecular formula is C18H22N4O2S. The normalized spacial score (nSPS) is 19.6. The lowest BCUT2D eigenvalue weighted by Crippen LogP contribution is -2.52. The Labute approximate surface area is 150 Å². The highest BCUT2D eigenvalue weighted by atomic mass is 32.1. The number of benzene rings is 1. The summed E-state index contributed by atoms with van der Waals surface area (Å²) in [6, 6.07) is 8.56. The Hall–Kier alpha value is -1.80. The van der Waals surface area contributed by atoms with Crippen LogP contribution in [-0.2, 0) is 13.1 Å². The van der Waals surface area contributed by atoms with Crippen LogP contribution >= 0.6 is 11.3 Å². The van der Waals surface area contributed by atoms with Crippen molar-refractivity contribution < 1.29 is 9.74 Å². The van der Waals surface area contributed by atoms with Crippen LogP contribution in [-0.4, -0.2) is 57.5 Å². The Balaban J connectivity index is 1.45. The molecule has 0 radical (unpaired) electrons. The first kappa shape index (κ1) is 16.7. The smallest absolute Gasteiger partial charge is 0.139 e. The molecule has 4 rings (SSSR count). The lowest BCUT2D eigenvalue weighted by molar-refractivity contribution is 0.0502. The second-order valence-corrected chi connectivity index (χ2v) is 7.33. The van der Waals surface area contributed by atoms with Crippen molar-refractivity contribution in [3.63, 3.8) is 0 Å². The first-order valence-corrected chi connectivity index (χ1v) is 9.56. The minimum atomic E-state index is 0.224. The van der Waals surface area contributed by atoms with Gasteiger partial charge in [-0.2, -0.15) is 11.3 Å². The average molecular weight is 358 g/mol. The van der Waals surface area contributed by atoms with E-state index in [1.165, 1.54) is 5.56 Å². The third-order valence-corrected chi connectivity index (χ3v) is 5.61. The van der Waals surface area contributed by atoms with Crippen LogP contribution in [0.15, 0.2) is 39.7 Å². The SMILES string of the molecule is OCC[C@@H]1CN(Cc2cccc3nonc23)CCN1Cc1ccsc1. The summed E-state index contributed by atoms with van der Waals surface area (Å²) in [5.41, 5.74) is 4.16. The van der Waals surface area contributed by atoms with E-state index in [2.05, 4.69) is 43.0 Å². The first-order chi connectivity index (χ1) is 12.3. The summed E-state index contributed by atoms with van der Waals surface area (Å²) < 4.78 is 4.87. The molecular weight excluding hydrogens is 336 g/mol. The van der Waals surface area contributed by atoms with E-state index in [1.807, 2.05) is 12.1 Å². The number of aromatic nitrogens is 2. The number of aliphatic hydroxyl groups is 1. The molecule has 1 N–H and O–H groups in total. The maximum atomic E-state index is 9.48. The van der Waals surface area contributed by atoms with Gasteiger partial charge in [0.25, 0.3) is 0 Å². The molecule has 3 aromatic rings. The van der Waals surface area contributed by atoms with Crippen molar-refractivity contribution in [3.8, 4) is 0 Å². The number of thiophene rings is 1. The summed E-state index contributed by atoms with van der Waals surface area (Å²) in [7, 11) is 0. The van der Waals surface area contributed by atoms with E-state index in [9.17, 15) is 5.11 Å². The number of nitrogens with zero attached hydrogens (tertiary/aromatic N) is 4. The summed E-state index contributed by atoms with van der Waals surface area (Å²) >= 11 is 1.74. The van der Waals surface area contributed by atoms with Gasteiger partial charge in [-0.3, -0.25) is 9.80 Å². The molecule has 1 aromatic carbocycles. The van der Waals surface area contributed by atoms with Crippen LogP contribution in [0, 0.1) is 0 Å². The second-order valence-electron chi connectivity index (χ2n) is 6.55. The molecule has 7 heteroatoms. The Kier molecular flexibility index (Phi) is 5.07. The molecule has 0 unspecified atom stereocenters. The number of hydrogen-bond donors (Lipinski definition) is 1. The molecule has 25 heavy (non-hydrogen) atoms. The summed E-state index contributed by atoms with van der Waals surface area (Å²) in [6.07, 6.45) is 0.802. The standard InChI is InChI=1S/C18H22N4O2S/c23-8-4-16-12-21(6-7-22(16)10-14-5-9-25-13-14)11-15-2-1-3-17-18(15)20-24-19-17/h1-3,5,9,13,16,23H,4,6-8,10-12H2/t16-/m1/s1. The minimum absolute atomic E-state index is 0.224. The zero-order valence-corrected chi connectivity index (χ0v) is 14.9. The van der Waals surface area contributed by atoms with Gasteiger partial charge in [-0.05, 0) is 50.8 Å². The van der Waals surface area contributed by atoms with Gasteiger partial charge >= 0.3 is 0 Å². The Morgan fingerprint density at radius 1 is 1.20 bits per heavy atom. The molecule has 0 spiro atoms. The van der Waals surface area contributed by atoms with E-state index in [0.717, 1.165) is 55.7 Å². The third-order valence-electron chi connectivity index (χ3n) is 4.88. The molecule has 1 aliphatic heterocycles. The van der Waals surface area contributed by atoms with Gasteiger partial charge < -0.3 is 5.11 Å². The fourth-order valence-corrected chi connectivity index (χ4v) is 4.24. The quantitative estimate of drug-likeness (QED) is 0.730. The highest BCUT2D eigenvalue weighted by molar-refractivity contribution is 7.07. The Morgan fingerprint density at radius 3 is 3.00 bits per heavy atom. The molecule has 2 aromatic heterocycles. The van der Waals surface area contributed by atoms with Crippen LogP contribution < -0.4 is 0 Å². The van der Waals surface area contributed by atoms with Crippen molar-refractivity contribution in [2.24, 2.45) is 0 Å². The van der Waals surface area contributed by atoms with Crippen molar-refractivity contribution in [2.75, 3.05) is 26.2 Å². The topological polar surface area (TPSA) is 65.6 Å². The predicted octanol–water partition coefficient (Wildman–Crippen LogP) is 2.35. The Morgan fingerprint density at radius 2 is 2.16 bits per heavy atom. The van der Waals surface area contributed by atoms with E-state index in [4.69, 9.17) is 4.63 Å². The van der Waals surface area contributed by atoms with E-state index >= 15 is 0 Å². The highest BCUT2D eigenvalue weighted by Gasteiger charge is 2.27. The van der Waals surface area contributed by atoms with Crippen molar-refractivity contribution >= 4 is 22.4 Å². The monoisotopic (exact) mass is 358 g/mol. The predicted molar refractivity (Wildman–Crippen MR) is 97.3 cm³/mol. The zero-order chi connectivity index (χ0) is 17.1. The van der Waals surface area contributed by atoms with Crippen molar-refractivity contribution in [1.29, 1.82) is 0 Å². The van der Waals surface area contributed by atoms with Crippen molar-refractivity contribution in [3.05, 3.63) is 46.2 Å². The van der Waals surface area contributed by atoms with Crippen LogP contribution in [0.2, 0.25) is 0 Å². The molecule has 1 aliphatic rings. The van der Waals surface area contributed by atoms with E-state index in [-0.39, 0.29) is 6.61 Å². The lowest BCUT2D eigenvalue weighted by atomic mass is 10.1. The van der Waals surface area contributed by atoms with Gasteiger partial charge in [-0.25, -0.2) is 4.63 Å². The van der Waals surface area contributed by atoms with Crippen LogP contribution in [0.4, 0.5) is 0 Å². The minimum Gasteiger partial charge on any atom is -0.396 e. The molecule has 1 atom stereocenters. The van der Waals surface area contributed by atoms with Crippen molar-refractivity contribution in [2.45, 2.75) is 25.6 Å². The number of fused-ring (bicyclic) bond motifs is 1. The maximum Gasteiger partial charge on any atom is 0.139 e. The van der Waals surface area contributed by atoms with Crippen LogP contribution in [0.5, 0.6) is 0 Å². The molecule has 0 saturated carbocycles. The molecule has 0 bridgehead atoms. The molecule has 0 amide bonds. The molecule has 1 saturated heterocycles. The van der Waals surface area contributed by atoms with Gasteiger partial charge in [0.05, 0.1) is 0 Å². The molecule has 1 fully saturated rings. The van der Waals surface area contributed by atoms with E-state index in [0.29, 0.717) is 6.04 Å². The number of hydrogen-bond acceptors (Lipinski definition) is 7. The van der Waals surface area contributed by atoms with Gasteiger partial charge in [-0.15, -0.1) is 0 Å². The van der Waals surface area contributed by atoms with Crippen molar-refractivity contribution in [1.82, 2.24) is 20.1 Å². The van der Waals surface area contributed by atoms with Gasteiger partial charge in [0.15, 0.2) is 0 Å². The van der Waals surface area contributed by atoms with Gasteiger partial charge in [-0.1, -0.05) is 12.1 Å². The van der Waals surface area contributed by atoms with E-state index in [1.54, 1.807) is 11.3 Å². The molecule has 0 aliphatic carbocycles. The first-order valence-electron chi connectivity index (χ1n) is 8.62. The number of piperazine rings is 1. The number of aliphatic hydroxyl groups excluding tert-OH is 1. The van der Waals surface area contributed by atoms with Gasteiger partial charge in [0.1, 0.15) is 11.0 Å². The second kappa shape index (κ2) is 7.61. The highest BCUT2D eigenvalue weighted by Crippen LogP contribution is 2.21. The maximum absolute atomic E-state index is 9.48. The fraction of sp³-hybridized carbons (Fsp3) is 0.444. The Bertz CT molecular complexity index is 804. The average Bonchev–Trinajstić information content (AvgIpc) is 3.29. The molecule has 6 nitrogen and oxygen atoms in total. The number of rotatable bonds is 6. The van der Waals surface area contributed by atoms with Crippen LogP contribution in [0.3, 0.4) is 0 Å². The summed E-state index contributed by atoms with van der Waals surface area (Å²) in [5.74, 6) is 0. The largest absolute Gasteiger partial charge is 0.396 e. The fourth-order valence-electron chi connectivity index (χ4n) is 3.58. The van der Waals surface area contributed by atoms with Gasteiger partial charge in [0, 0.05) is 45.4 Å². The molecule has 132 valence electrons.